The van der Waals surface area contributed by atoms with E-state index in [9.17, 15) is 4.39 Å². The quantitative estimate of drug-likeness (QED) is 0.900. The molecule has 21 heavy (non-hydrogen) atoms. The third kappa shape index (κ3) is 4.17. The van der Waals surface area contributed by atoms with Crippen molar-refractivity contribution in [2.24, 2.45) is 5.92 Å². The van der Waals surface area contributed by atoms with Crippen molar-refractivity contribution in [1.82, 2.24) is 10.2 Å². The van der Waals surface area contributed by atoms with Gasteiger partial charge in [-0.2, -0.15) is 0 Å². The van der Waals surface area contributed by atoms with Crippen LogP contribution in [0.4, 0.5) is 10.1 Å². The van der Waals surface area contributed by atoms with Crippen LogP contribution in [0.1, 0.15) is 31.4 Å². The van der Waals surface area contributed by atoms with Gasteiger partial charge in [-0.25, -0.2) is 4.39 Å². The van der Waals surface area contributed by atoms with Crippen LogP contribution >= 0.6 is 0 Å². The van der Waals surface area contributed by atoms with Gasteiger partial charge in [0.2, 0.25) is 0 Å². The maximum absolute atomic E-state index is 14.3. The highest BCUT2D eigenvalue weighted by Gasteiger charge is 2.19. The van der Waals surface area contributed by atoms with Crippen LogP contribution in [-0.4, -0.2) is 45.7 Å². The number of nitrogens with one attached hydrogen (secondary N) is 1. The first kappa shape index (κ1) is 16.2. The first-order valence-corrected chi connectivity index (χ1v) is 7.87. The van der Waals surface area contributed by atoms with Crippen molar-refractivity contribution < 1.29 is 4.39 Å². The summed E-state index contributed by atoms with van der Waals surface area (Å²) in [5.74, 6) is 0.548. The van der Waals surface area contributed by atoms with Crippen LogP contribution in [0, 0.1) is 11.7 Å². The van der Waals surface area contributed by atoms with Gasteiger partial charge >= 0.3 is 0 Å². The summed E-state index contributed by atoms with van der Waals surface area (Å²) in [4.78, 5) is 4.43. The highest BCUT2D eigenvalue weighted by atomic mass is 19.1. The van der Waals surface area contributed by atoms with E-state index in [1.165, 1.54) is 12.8 Å². The van der Waals surface area contributed by atoms with Crippen molar-refractivity contribution in [3.8, 4) is 0 Å². The summed E-state index contributed by atoms with van der Waals surface area (Å²) in [6.07, 6.45) is 2.41. The zero-order valence-electron chi connectivity index (χ0n) is 13.7. The molecule has 1 N–H and O–H groups in total. The fourth-order valence-electron chi connectivity index (χ4n) is 3.00. The molecule has 1 saturated heterocycles. The SMILES string of the molecule is CNC(C)c1ccc(N(C)CC2CCN(C)CC2)c(F)c1. The maximum atomic E-state index is 14.3. The fraction of sp³-hybridized carbons (Fsp3) is 0.647. The molecule has 1 atom stereocenters. The molecular weight excluding hydrogens is 265 g/mol. The van der Waals surface area contributed by atoms with Gasteiger partial charge in [0.25, 0.3) is 0 Å². The third-order valence-electron chi connectivity index (χ3n) is 4.69. The molecule has 1 aromatic rings. The van der Waals surface area contributed by atoms with E-state index in [2.05, 4.69) is 22.2 Å². The Balaban J connectivity index is 2.00. The number of rotatable bonds is 5. The zero-order valence-corrected chi connectivity index (χ0v) is 13.7. The van der Waals surface area contributed by atoms with E-state index in [-0.39, 0.29) is 11.9 Å². The van der Waals surface area contributed by atoms with E-state index in [1.54, 1.807) is 6.07 Å². The van der Waals surface area contributed by atoms with E-state index in [1.807, 2.05) is 33.2 Å². The number of halogens is 1. The van der Waals surface area contributed by atoms with Gasteiger partial charge in [0.15, 0.2) is 0 Å². The van der Waals surface area contributed by atoms with Gasteiger partial charge in [0, 0.05) is 19.6 Å². The number of likely N-dealkylation sites (tertiary alicyclic amines) is 1. The Morgan fingerprint density at radius 1 is 1.38 bits per heavy atom. The van der Waals surface area contributed by atoms with Crippen molar-refractivity contribution in [1.29, 1.82) is 0 Å². The Kier molecular flexibility index (Phi) is 5.59. The Labute approximate surface area is 128 Å². The Morgan fingerprint density at radius 3 is 2.62 bits per heavy atom. The summed E-state index contributed by atoms with van der Waals surface area (Å²) in [5.41, 5.74) is 1.70. The normalized spacial score (nSPS) is 18.7. The molecule has 0 radical (unpaired) electrons. The Morgan fingerprint density at radius 2 is 2.05 bits per heavy atom. The van der Waals surface area contributed by atoms with Gasteiger partial charge < -0.3 is 15.1 Å². The molecule has 2 rings (SSSR count). The summed E-state index contributed by atoms with van der Waals surface area (Å²) < 4.78 is 14.3. The van der Waals surface area contributed by atoms with E-state index >= 15 is 0 Å². The lowest BCUT2D eigenvalue weighted by atomic mass is 9.96. The standard InChI is InChI=1S/C17H28FN3/c1-13(19-2)15-5-6-17(16(18)11-15)21(4)12-14-7-9-20(3)10-8-14/h5-6,11,13-14,19H,7-10,12H2,1-4H3. The molecule has 0 bridgehead atoms. The van der Waals surface area contributed by atoms with Gasteiger partial charge in [0.05, 0.1) is 5.69 Å². The molecule has 1 unspecified atom stereocenters. The van der Waals surface area contributed by atoms with Crippen LogP contribution < -0.4 is 10.2 Å². The molecule has 4 heteroatoms. The minimum Gasteiger partial charge on any atom is -0.372 e. The Bertz CT molecular complexity index is 455. The lowest BCUT2D eigenvalue weighted by molar-refractivity contribution is 0.222. The van der Waals surface area contributed by atoms with Crippen LogP contribution in [0.2, 0.25) is 0 Å². The van der Waals surface area contributed by atoms with Crippen molar-refractivity contribution in [2.45, 2.75) is 25.8 Å². The van der Waals surface area contributed by atoms with Gasteiger partial charge in [-0.05, 0) is 70.6 Å². The van der Waals surface area contributed by atoms with E-state index in [0.717, 1.165) is 25.2 Å². The first-order chi connectivity index (χ1) is 10.0. The van der Waals surface area contributed by atoms with E-state index in [0.29, 0.717) is 11.6 Å². The average Bonchev–Trinajstić information content (AvgIpc) is 2.48. The molecule has 1 heterocycles. The first-order valence-electron chi connectivity index (χ1n) is 7.87. The van der Waals surface area contributed by atoms with Crippen LogP contribution in [0.15, 0.2) is 18.2 Å². The number of hydrogen-bond donors (Lipinski definition) is 1. The lowest BCUT2D eigenvalue weighted by Crippen LogP contribution is -2.36. The topological polar surface area (TPSA) is 18.5 Å². The molecule has 0 amide bonds. The van der Waals surface area contributed by atoms with Crippen molar-refractivity contribution in [3.63, 3.8) is 0 Å². The fourth-order valence-corrected chi connectivity index (χ4v) is 3.00. The predicted molar refractivity (Wildman–Crippen MR) is 87.4 cm³/mol. The van der Waals surface area contributed by atoms with Gasteiger partial charge in [-0.3, -0.25) is 0 Å². The maximum Gasteiger partial charge on any atom is 0.146 e. The van der Waals surface area contributed by atoms with Crippen molar-refractivity contribution in [2.75, 3.05) is 45.7 Å². The Hall–Kier alpha value is -1.13. The molecule has 1 aliphatic heterocycles. The number of piperidine rings is 1. The lowest BCUT2D eigenvalue weighted by Gasteiger charge is -2.32. The number of anilines is 1. The van der Waals surface area contributed by atoms with Crippen LogP contribution in [-0.2, 0) is 0 Å². The predicted octanol–water partition coefficient (Wildman–Crippen LogP) is 2.88. The molecular formula is C17H28FN3. The summed E-state index contributed by atoms with van der Waals surface area (Å²) in [6.45, 7) is 5.28. The largest absolute Gasteiger partial charge is 0.372 e. The molecule has 1 aliphatic rings. The third-order valence-corrected chi connectivity index (χ3v) is 4.69. The molecule has 118 valence electrons. The molecule has 0 spiro atoms. The number of nitrogens with zero attached hydrogens (tertiary/aromatic N) is 2. The van der Waals surface area contributed by atoms with E-state index < -0.39 is 0 Å². The van der Waals surface area contributed by atoms with Gasteiger partial charge in [0.1, 0.15) is 5.82 Å². The van der Waals surface area contributed by atoms with Gasteiger partial charge in [-0.1, -0.05) is 6.07 Å². The highest BCUT2D eigenvalue weighted by molar-refractivity contribution is 5.49. The minimum absolute atomic E-state index is 0.120. The second-order valence-electron chi connectivity index (χ2n) is 6.35. The second kappa shape index (κ2) is 7.23. The van der Waals surface area contributed by atoms with Crippen molar-refractivity contribution in [3.05, 3.63) is 29.6 Å². The summed E-state index contributed by atoms with van der Waals surface area (Å²) in [5, 5.41) is 3.14. The molecule has 1 fully saturated rings. The number of benzene rings is 1. The van der Waals surface area contributed by atoms with Crippen molar-refractivity contribution >= 4 is 5.69 Å². The zero-order chi connectivity index (χ0) is 15.4. The number of hydrogen-bond acceptors (Lipinski definition) is 3. The average molecular weight is 293 g/mol. The molecule has 1 aromatic carbocycles. The van der Waals surface area contributed by atoms with Crippen LogP contribution in [0.25, 0.3) is 0 Å². The van der Waals surface area contributed by atoms with Gasteiger partial charge in [-0.15, -0.1) is 0 Å². The summed E-state index contributed by atoms with van der Waals surface area (Å²) >= 11 is 0. The minimum atomic E-state index is -0.120. The highest BCUT2D eigenvalue weighted by Crippen LogP contribution is 2.25. The van der Waals surface area contributed by atoms with Crippen LogP contribution in [0.3, 0.4) is 0 Å². The summed E-state index contributed by atoms with van der Waals surface area (Å²) in [7, 11) is 6.06. The van der Waals surface area contributed by atoms with Crippen LogP contribution in [0.5, 0.6) is 0 Å². The molecule has 0 aliphatic carbocycles. The second-order valence-corrected chi connectivity index (χ2v) is 6.35. The smallest absolute Gasteiger partial charge is 0.146 e. The molecule has 3 nitrogen and oxygen atoms in total. The van der Waals surface area contributed by atoms with E-state index in [4.69, 9.17) is 0 Å². The summed E-state index contributed by atoms with van der Waals surface area (Å²) in [6, 6.07) is 5.76. The monoisotopic (exact) mass is 293 g/mol. The molecule has 0 aromatic heterocycles. The molecule has 0 saturated carbocycles.